The van der Waals surface area contributed by atoms with Crippen molar-refractivity contribution in [3.05, 3.63) is 11.6 Å². The van der Waals surface area contributed by atoms with Gasteiger partial charge in [-0.1, -0.05) is 53.2 Å². The molecular formula is C12H28. The highest BCUT2D eigenvalue weighted by Gasteiger charge is 2.04. The van der Waals surface area contributed by atoms with Gasteiger partial charge in [0, 0.05) is 0 Å². The number of allylic oxidation sites excluding steroid dienone is 2. The molecule has 0 radical (unpaired) electrons. The maximum atomic E-state index is 2.23. The first-order valence-corrected chi connectivity index (χ1v) is 5.57. The highest BCUT2D eigenvalue weighted by molar-refractivity contribution is 5.07. The van der Waals surface area contributed by atoms with Crippen LogP contribution >= 0.6 is 0 Å². The molecule has 0 atom stereocenters. The third-order valence-corrected chi connectivity index (χ3v) is 1.40. The van der Waals surface area contributed by atoms with Crippen molar-refractivity contribution >= 4 is 0 Å². The van der Waals surface area contributed by atoms with Crippen molar-refractivity contribution in [3.63, 3.8) is 0 Å². The molecule has 0 nitrogen and oxygen atoms in total. The lowest BCUT2D eigenvalue weighted by atomic mass is 9.93. The van der Waals surface area contributed by atoms with Crippen molar-refractivity contribution in [2.24, 2.45) is 0 Å². The normalized spacial score (nSPS) is 11.4. The minimum absolute atomic E-state index is 1.37. The molecule has 0 saturated heterocycles. The molecule has 1 rings (SSSR count). The Hall–Kier alpha value is -0.260. The zero-order valence-electron chi connectivity index (χ0n) is 10.2. The molecular weight excluding hydrogens is 144 g/mol. The lowest BCUT2D eigenvalue weighted by Crippen LogP contribution is -1.94. The van der Waals surface area contributed by atoms with E-state index in [0.717, 1.165) is 0 Å². The summed E-state index contributed by atoms with van der Waals surface area (Å²) in [5, 5.41) is 0. The molecule has 76 valence electrons. The van der Waals surface area contributed by atoms with Crippen molar-refractivity contribution in [3.8, 4) is 0 Å². The SMILES string of the molecule is CC.CC.CC.CC=C1CCC1. The molecule has 12 heavy (non-hydrogen) atoms. The van der Waals surface area contributed by atoms with Gasteiger partial charge in [0.25, 0.3) is 0 Å². The van der Waals surface area contributed by atoms with Crippen LogP contribution in [0.15, 0.2) is 11.6 Å². The van der Waals surface area contributed by atoms with E-state index >= 15 is 0 Å². The first kappa shape index (κ1) is 17.7. The van der Waals surface area contributed by atoms with Gasteiger partial charge in [-0.25, -0.2) is 0 Å². The van der Waals surface area contributed by atoms with Gasteiger partial charge in [0.05, 0.1) is 0 Å². The van der Waals surface area contributed by atoms with E-state index in [4.69, 9.17) is 0 Å². The van der Waals surface area contributed by atoms with Gasteiger partial charge in [0.15, 0.2) is 0 Å². The summed E-state index contributed by atoms with van der Waals surface area (Å²) in [4.78, 5) is 0. The van der Waals surface area contributed by atoms with Gasteiger partial charge < -0.3 is 0 Å². The summed E-state index contributed by atoms with van der Waals surface area (Å²) in [6, 6.07) is 0. The number of hydrogen-bond donors (Lipinski definition) is 0. The second-order valence-corrected chi connectivity index (χ2v) is 1.80. The first-order chi connectivity index (χ1) is 5.93. The van der Waals surface area contributed by atoms with E-state index in [1.54, 1.807) is 5.57 Å². The topological polar surface area (TPSA) is 0 Å². The average molecular weight is 172 g/mol. The van der Waals surface area contributed by atoms with Crippen LogP contribution in [-0.2, 0) is 0 Å². The molecule has 1 aliphatic rings. The lowest BCUT2D eigenvalue weighted by Gasteiger charge is -2.13. The van der Waals surface area contributed by atoms with Crippen molar-refractivity contribution in [1.82, 2.24) is 0 Å². The van der Waals surface area contributed by atoms with Gasteiger partial charge in [-0.2, -0.15) is 0 Å². The lowest BCUT2D eigenvalue weighted by molar-refractivity contribution is 0.661. The Morgan fingerprint density at radius 2 is 1.17 bits per heavy atom. The Labute approximate surface area is 80.1 Å². The summed E-state index contributed by atoms with van der Waals surface area (Å²) in [5.74, 6) is 0. The fourth-order valence-corrected chi connectivity index (χ4v) is 0.670. The molecule has 0 amide bonds. The maximum Gasteiger partial charge on any atom is -0.0317 e. The van der Waals surface area contributed by atoms with Gasteiger partial charge in [-0.15, -0.1) is 0 Å². The molecule has 0 spiro atoms. The van der Waals surface area contributed by atoms with E-state index < -0.39 is 0 Å². The van der Waals surface area contributed by atoms with Crippen molar-refractivity contribution in [2.75, 3.05) is 0 Å². The summed E-state index contributed by atoms with van der Waals surface area (Å²) in [7, 11) is 0. The monoisotopic (exact) mass is 172 g/mol. The van der Waals surface area contributed by atoms with Crippen molar-refractivity contribution < 1.29 is 0 Å². The molecule has 1 fully saturated rings. The van der Waals surface area contributed by atoms with Crippen molar-refractivity contribution in [1.29, 1.82) is 0 Å². The Bertz CT molecular complexity index is 64.1. The van der Waals surface area contributed by atoms with Crippen LogP contribution in [0.4, 0.5) is 0 Å². The molecule has 0 bridgehead atoms. The molecule has 1 saturated carbocycles. The smallest absolute Gasteiger partial charge is 0.0317 e. The summed E-state index contributed by atoms with van der Waals surface area (Å²) in [5.41, 5.74) is 1.65. The van der Waals surface area contributed by atoms with E-state index in [-0.39, 0.29) is 0 Å². The Kier molecular flexibility index (Phi) is 33.1. The van der Waals surface area contributed by atoms with Gasteiger partial charge in [-0.05, 0) is 26.2 Å². The molecule has 0 aromatic heterocycles. The zero-order valence-corrected chi connectivity index (χ0v) is 10.2. The molecule has 0 aromatic carbocycles. The average Bonchev–Trinajstić information content (AvgIpc) is 2.13. The van der Waals surface area contributed by atoms with Crippen LogP contribution in [0.1, 0.15) is 67.7 Å². The molecule has 0 heterocycles. The van der Waals surface area contributed by atoms with E-state index in [0.29, 0.717) is 0 Å². The molecule has 0 aliphatic heterocycles. The third kappa shape index (κ3) is 12.4. The fraction of sp³-hybridized carbons (Fsp3) is 0.833. The minimum atomic E-state index is 1.37. The van der Waals surface area contributed by atoms with Crippen molar-refractivity contribution in [2.45, 2.75) is 67.7 Å². The Balaban J connectivity index is -0.000000117. The maximum absolute atomic E-state index is 2.23. The van der Waals surface area contributed by atoms with Crippen LogP contribution in [0.2, 0.25) is 0 Å². The van der Waals surface area contributed by atoms with E-state index in [1.807, 2.05) is 41.5 Å². The predicted molar refractivity (Wildman–Crippen MR) is 61.7 cm³/mol. The van der Waals surface area contributed by atoms with Crippen LogP contribution in [0, 0.1) is 0 Å². The summed E-state index contributed by atoms with van der Waals surface area (Å²) in [6.45, 7) is 14.1. The summed E-state index contributed by atoms with van der Waals surface area (Å²) in [6.07, 6.45) is 6.40. The quantitative estimate of drug-likeness (QED) is 0.441. The van der Waals surface area contributed by atoms with Gasteiger partial charge in [0.1, 0.15) is 0 Å². The van der Waals surface area contributed by atoms with Crippen LogP contribution < -0.4 is 0 Å². The summed E-state index contributed by atoms with van der Waals surface area (Å²) < 4.78 is 0. The molecule has 1 aliphatic carbocycles. The standard InChI is InChI=1S/C6H10.3C2H6/c1-2-6-4-3-5-6;3*1-2/h2H,3-5H2,1H3;3*1-2H3. The second-order valence-electron chi connectivity index (χ2n) is 1.80. The Morgan fingerprint density at radius 1 is 0.833 bits per heavy atom. The highest BCUT2D eigenvalue weighted by atomic mass is 14.1. The molecule has 0 heteroatoms. The number of rotatable bonds is 0. The fourth-order valence-electron chi connectivity index (χ4n) is 0.670. The van der Waals surface area contributed by atoms with Crippen LogP contribution in [0.3, 0.4) is 0 Å². The first-order valence-electron chi connectivity index (χ1n) is 5.57. The minimum Gasteiger partial charge on any atom is -0.0885 e. The van der Waals surface area contributed by atoms with Gasteiger partial charge in [0.2, 0.25) is 0 Å². The van der Waals surface area contributed by atoms with Gasteiger partial charge >= 0.3 is 0 Å². The molecule has 0 N–H and O–H groups in total. The van der Waals surface area contributed by atoms with E-state index in [2.05, 4.69) is 13.0 Å². The van der Waals surface area contributed by atoms with Crippen LogP contribution in [-0.4, -0.2) is 0 Å². The number of hydrogen-bond acceptors (Lipinski definition) is 0. The van der Waals surface area contributed by atoms with E-state index in [1.165, 1.54) is 19.3 Å². The van der Waals surface area contributed by atoms with E-state index in [9.17, 15) is 0 Å². The summed E-state index contributed by atoms with van der Waals surface area (Å²) >= 11 is 0. The largest absolute Gasteiger partial charge is 0.0885 e. The third-order valence-electron chi connectivity index (χ3n) is 1.40. The highest BCUT2D eigenvalue weighted by Crippen LogP contribution is 2.24. The predicted octanol–water partition coefficient (Wildman–Crippen LogP) is 5.20. The second kappa shape index (κ2) is 22.4. The molecule has 0 unspecified atom stereocenters. The van der Waals surface area contributed by atoms with Crippen LogP contribution in [0.25, 0.3) is 0 Å². The van der Waals surface area contributed by atoms with Gasteiger partial charge in [-0.3, -0.25) is 0 Å². The Morgan fingerprint density at radius 3 is 1.17 bits per heavy atom. The molecule has 0 aromatic rings. The van der Waals surface area contributed by atoms with Crippen LogP contribution in [0.5, 0.6) is 0 Å². The zero-order chi connectivity index (χ0) is 10.4.